The van der Waals surface area contributed by atoms with Gasteiger partial charge in [0.05, 0.1) is 40.0 Å². The molecule has 3 aliphatic rings. The summed E-state index contributed by atoms with van der Waals surface area (Å²) >= 11 is 0. The highest BCUT2D eigenvalue weighted by atomic mass is 16.7. The minimum absolute atomic E-state index is 0.125. The Morgan fingerprint density at radius 3 is 2.24 bits per heavy atom. The van der Waals surface area contributed by atoms with Crippen molar-refractivity contribution in [1.82, 2.24) is 0 Å². The smallest absolute Gasteiger partial charge is 0.310 e. The number of methoxy groups -OCH3 is 3. The monoisotopic (exact) mass is 469 g/mol. The van der Waals surface area contributed by atoms with Gasteiger partial charge in [0.25, 0.3) is 0 Å². The van der Waals surface area contributed by atoms with Crippen molar-refractivity contribution >= 4 is 5.97 Å². The predicted molar refractivity (Wildman–Crippen MR) is 120 cm³/mol. The third kappa shape index (κ3) is 3.43. The molecule has 5 rings (SSSR count). The number of hydrogen-bond donors (Lipinski definition) is 1. The summed E-state index contributed by atoms with van der Waals surface area (Å²) in [7, 11) is 4.66. The Hall–Kier alpha value is -3.43. The van der Waals surface area contributed by atoms with E-state index < -0.39 is 18.2 Å². The summed E-state index contributed by atoms with van der Waals surface area (Å²) in [6.07, 6.45) is 0.314. The van der Waals surface area contributed by atoms with E-state index in [1.807, 2.05) is 24.3 Å². The molecule has 2 heterocycles. The zero-order chi connectivity index (χ0) is 24.0. The Morgan fingerprint density at radius 2 is 1.65 bits per heavy atom. The van der Waals surface area contributed by atoms with Gasteiger partial charge in [0.2, 0.25) is 12.5 Å². The molecule has 9 nitrogen and oxygen atoms in total. The lowest BCUT2D eigenvalue weighted by Crippen LogP contribution is -2.38. The third-order valence-electron chi connectivity index (χ3n) is 6.70. The average molecular weight is 469 g/mol. The topological polar surface area (TPSA) is 108 Å². The standard InChI is InChI=1S/C25H27NO8/c1-5-20(26)34-23-14-9-17-16(32-11-33-17)8-13(14)21(22-15(23)10-31-25(22)27)12-6-18(28-2)24(30-4)19(7-12)29-3/h5-9,15,20-23H,1,10-11,26H2,2-4H3/t15-,20?,21+,22-,23-/m0/s1. The van der Waals surface area contributed by atoms with Gasteiger partial charge >= 0.3 is 5.97 Å². The van der Waals surface area contributed by atoms with Crippen LogP contribution >= 0.6 is 0 Å². The van der Waals surface area contributed by atoms with Gasteiger partial charge in [-0.2, -0.15) is 0 Å². The van der Waals surface area contributed by atoms with Crippen molar-refractivity contribution in [3.63, 3.8) is 0 Å². The highest BCUT2D eigenvalue weighted by molar-refractivity contribution is 5.79. The van der Waals surface area contributed by atoms with Crippen LogP contribution in [0.4, 0.5) is 0 Å². The molecule has 2 aliphatic heterocycles. The molecule has 1 unspecified atom stereocenters. The molecule has 1 aliphatic carbocycles. The fourth-order valence-corrected chi connectivity index (χ4v) is 5.19. The summed E-state index contributed by atoms with van der Waals surface area (Å²) in [5.74, 6) is 1.22. The van der Waals surface area contributed by atoms with E-state index in [4.69, 9.17) is 38.9 Å². The number of fused-ring (bicyclic) bond motifs is 3. The molecule has 2 aromatic rings. The van der Waals surface area contributed by atoms with Crippen LogP contribution in [0.5, 0.6) is 28.7 Å². The summed E-state index contributed by atoms with van der Waals surface area (Å²) < 4.78 is 39.7. The number of ether oxygens (including phenoxy) is 7. The Kier molecular flexibility index (Phi) is 5.75. The maximum atomic E-state index is 13.1. The summed E-state index contributed by atoms with van der Waals surface area (Å²) in [5, 5.41) is 0. The fraction of sp³-hybridized carbons (Fsp3) is 0.400. The molecule has 0 amide bonds. The van der Waals surface area contributed by atoms with E-state index in [0.717, 1.165) is 16.7 Å². The lowest BCUT2D eigenvalue weighted by Gasteiger charge is -2.39. The molecule has 9 heteroatoms. The van der Waals surface area contributed by atoms with E-state index in [0.29, 0.717) is 28.7 Å². The predicted octanol–water partition coefficient (Wildman–Crippen LogP) is 2.90. The number of nitrogens with two attached hydrogens (primary N) is 1. The number of rotatable bonds is 7. The van der Waals surface area contributed by atoms with E-state index in [2.05, 4.69) is 6.58 Å². The highest BCUT2D eigenvalue weighted by Gasteiger charge is 2.53. The van der Waals surface area contributed by atoms with E-state index in [1.165, 1.54) is 6.08 Å². The van der Waals surface area contributed by atoms with E-state index in [1.54, 1.807) is 21.3 Å². The van der Waals surface area contributed by atoms with Gasteiger partial charge in [-0.3, -0.25) is 4.79 Å². The quantitative estimate of drug-likeness (QED) is 0.372. The number of carbonyl (C=O) groups is 1. The van der Waals surface area contributed by atoms with Gasteiger partial charge in [-0.15, -0.1) is 0 Å². The molecule has 0 saturated carbocycles. The number of carbonyl (C=O) groups excluding carboxylic acids is 1. The van der Waals surface area contributed by atoms with Gasteiger partial charge in [0, 0.05) is 11.8 Å². The van der Waals surface area contributed by atoms with Crippen molar-refractivity contribution in [3.8, 4) is 28.7 Å². The van der Waals surface area contributed by atoms with Crippen molar-refractivity contribution < 1.29 is 38.0 Å². The Balaban J connectivity index is 1.73. The first kappa shape index (κ1) is 22.4. The first-order valence-corrected chi connectivity index (χ1v) is 10.9. The second kappa shape index (κ2) is 8.73. The number of hydrogen-bond acceptors (Lipinski definition) is 9. The van der Waals surface area contributed by atoms with Gasteiger partial charge in [-0.1, -0.05) is 6.58 Å². The number of benzene rings is 2. The van der Waals surface area contributed by atoms with Crippen LogP contribution in [0.2, 0.25) is 0 Å². The molecule has 180 valence electrons. The van der Waals surface area contributed by atoms with Gasteiger partial charge < -0.3 is 38.9 Å². The summed E-state index contributed by atoms with van der Waals surface area (Å²) in [6.45, 7) is 4.06. The van der Waals surface area contributed by atoms with Gasteiger partial charge in [0.15, 0.2) is 23.0 Å². The minimum Gasteiger partial charge on any atom is -0.493 e. The molecule has 1 fully saturated rings. The molecule has 0 bridgehead atoms. The zero-order valence-corrected chi connectivity index (χ0v) is 19.2. The Morgan fingerprint density at radius 1 is 1.00 bits per heavy atom. The SMILES string of the molecule is C=CC(N)O[C@H]1c2cc3c(cc2[C@@H](c2cc(OC)c(OC)c(OC)c2)[C@H]2C(=O)OC[C@@H]21)OCO3. The van der Waals surface area contributed by atoms with Crippen LogP contribution in [0.15, 0.2) is 36.9 Å². The first-order valence-electron chi connectivity index (χ1n) is 10.9. The van der Waals surface area contributed by atoms with Crippen LogP contribution < -0.4 is 29.4 Å². The van der Waals surface area contributed by atoms with Crippen LogP contribution in [0.3, 0.4) is 0 Å². The zero-order valence-electron chi connectivity index (χ0n) is 19.2. The van der Waals surface area contributed by atoms with Gasteiger partial charge in [0.1, 0.15) is 6.23 Å². The Bertz CT molecular complexity index is 1110. The lowest BCUT2D eigenvalue weighted by molar-refractivity contribution is -0.141. The molecule has 0 aromatic heterocycles. The number of esters is 1. The van der Waals surface area contributed by atoms with E-state index >= 15 is 0 Å². The third-order valence-corrected chi connectivity index (χ3v) is 6.70. The van der Waals surface area contributed by atoms with Crippen molar-refractivity contribution in [2.45, 2.75) is 18.2 Å². The maximum Gasteiger partial charge on any atom is 0.310 e. The molecular weight excluding hydrogens is 442 g/mol. The van der Waals surface area contributed by atoms with Crippen molar-refractivity contribution in [2.24, 2.45) is 17.6 Å². The summed E-state index contributed by atoms with van der Waals surface area (Å²) in [4.78, 5) is 13.1. The number of cyclic esters (lactones) is 1. The van der Waals surface area contributed by atoms with Crippen LogP contribution in [0.1, 0.15) is 28.7 Å². The second-order valence-corrected chi connectivity index (χ2v) is 8.35. The summed E-state index contributed by atoms with van der Waals surface area (Å²) in [5.41, 5.74) is 8.61. The van der Waals surface area contributed by atoms with Crippen LogP contribution in [0.25, 0.3) is 0 Å². The van der Waals surface area contributed by atoms with Crippen LogP contribution in [-0.4, -0.2) is 46.9 Å². The van der Waals surface area contributed by atoms with Crippen molar-refractivity contribution in [2.75, 3.05) is 34.7 Å². The molecule has 0 radical (unpaired) electrons. The van der Waals surface area contributed by atoms with Gasteiger partial charge in [-0.05, 0) is 47.0 Å². The van der Waals surface area contributed by atoms with Gasteiger partial charge in [-0.25, -0.2) is 0 Å². The molecular formula is C25H27NO8. The fourth-order valence-electron chi connectivity index (χ4n) is 5.19. The van der Waals surface area contributed by atoms with Crippen LogP contribution in [-0.2, 0) is 14.3 Å². The van der Waals surface area contributed by atoms with E-state index in [-0.39, 0.29) is 31.2 Å². The van der Waals surface area contributed by atoms with E-state index in [9.17, 15) is 4.79 Å². The molecule has 5 atom stereocenters. The summed E-state index contributed by atoms with van der Waals surface area (Å²) in [6, 6.07) is 7.53. The normalized spacial score (nSPS) is 25.1. The molecule has 0 spiro atoms. The molecule has 2 aromatic carbocycles. The first-order chi connectivity index (χ1) is 16.5. The van der Waals surface area contributed by atoms with Crippen molar-refractivity contribution in [3.05, 3.63) is 53.6 Å². The Labute approximate surface area is 197 Å². The van der Waals surface area contributed by atoms with Crippen LogP contribution in [0, 0.1) is 11.8 Å². The lowest BCUT2D eigenvalue weighted by atomic mass is 9.66. The minimum atomic E-state index is -0.711. The second-order valence-electron chi connectivity index (χ2n) is 8.35. The molecule has 34 heavy (non-hydrogen) atoms. The molecule has 2 N–H and O–H groups in total. The largest absolute Gasteiger partial charge is 0.493 e. The molecule has 1 saturated heterocycles. The van der Waals surface area contributed by atoms with Crippen molar-refractivity contribution in [1.29, 1.82) is 0 Å². The maximum absolute atomic E-state index is 13.1. The average Bonchev–Trinajstić information content (AvgIpc) is 3.48. The highest BCUT2D eigenvalue weighted by Crippen LogP contribution is 2.56.